The monoisotopic (exact) mass is 491 g/mol. The molecule has 0 saturated carbocycles. The first-order chi connectivity index (χ1) is 16.8. The second-order valence-electron chi connectivity index (χ2n) is 6.57. The van der Waals surface area contributed by atoms with E-state index >= 15 is 0 Å². The Hall–Kier alpha value is -5.81. The van der Waals surface area contributed by atoms with Gasteiger partial charge in [-0.05, 0) is 18.2 Å². The summed E-state index contributed by atoms with van der Waals surface area (Å²) < 4.78 is 83.8. The lowest BCUT2D eigenvalue weighted by Gasteiger charge is -2.20. The number of benzene rings is 2. The van der Waals surface area contributed by atoms with Crippen molar-refractivity contribution in [1.29, 1.82) is 36.8 Å². The lowest BCUT2D eigenvalue weighted by Crippen LogP contribution is -2.25. The van der Waals surface area contributed by atoms with Crippen molar-refractivity contribution < 1.29 is 26.3 Å². The van der Waals surface area contributed by atoms with Crippen LogP contribution >= 0.6 is 0 Å². The maximum absolute atomic E-state index is 14.0. The third kappa shape index (κ3) is 4.48. The minimum Gasteiger partial charge on any atom is -0.192 e. The number of alkyl halides is 6. The van der Waals surface area contributed by atoms with E-state index in [2.05, 4.69) is 0 Å². The van der Waals surface area contributed by atoms with Gasteiger partial charge in [-0.25, -0.2) is 0 Å². The molecule has 7 nitrogen and oxygen atoms in total. The van der Waals surface area contributed by atoms with Gasteiger partial charge in [-0.3, -0.25) is 0 Å². The third-order valence-electron chi connectivity index (χ3n) is 4.67. The first kappa shape index (κ1) is 26.4. The van der Waals surface area contributed by atoms with Crippen molar-refractivity contribution >= 4 is 11.1 Å². The average molecular weight is 491 g/mol. The first-order valence-electron chi connectivity index (χ1n) is 8.93. The molecule has 0 bridgehead atoms. The summed E-state index contributed by atoms with van der Waals surface area (Å²) >= 11 is 0. The molecular weight excluding hydrogens is 488 g/mol. The summed E-state index contributed by atoms with van der Waals surface area (Å²) in [6.07, 6.45) is -11.2. The summed E-state index contributed by atoms with van der Waals surface area (Å²) in [6.45, 7) is 0. The van der Waals surface area contributed by atoms with Crippen LogP contribution in [0.25, 0.3) is 11.1 Å². The van der Waals surface area contributed by atoms with Crippen molar-refractivity contribution in [2.24, 2.45) is 0 Å². The summed E-state index contributed by atoms with van der Waals surface area (Å²) in [4.78, 5) is 0. The molecule has 2 aromatic rings. The molecule has 0 aliphatic carbocycles. The summed E-state index contributed by atoms with van der Waals surface area (Å²) in [5, 5.41) is 63.7. The fraction of sp³-hybridized carbons (Fsp3) is 0.0870. The van der Waals surface area contributed by atoms with Crippen LogP contribution in [0.2, 0.25) is 0 Å². The van der Waals surface area contributed by atoms with E-state index in [1.807, 2.05) is 0 Å². The van der Waals surface area contributed by atoms with Crippen LogP contribution in [-0.4, -0.2) is 0 Å². The van der Waals surface area contributed by atoms with E-state index in [0.29, 0.717) is 12.1 Å². The first-order valence-corrected chi connectivity index (χ1v) is 8.93. The van der Waals surface area contributed by atoms with Gasteiger partial charge < -0.3 is 0 Å². The molecular formula is C23H3F6N7. The molecule has 0 fully saturated rings. The second-order valence-corrected chi connectivity index (χ2v) is 6.57. The molecule has 2 aromatic carbocycles. The van der Waals surface area contributed by atoms with Crippen LogP contribution in [-0.2, 0) is 12.4 Å². The van der Waals surface area contributed by atoms with Crippen LogP contribution in [0, 0.1) is 79.3 Å². The average Bonchev–Trinajstić information content (AvgIpc) is 2.83. The quantitative estimate of drug-likeness (QED) is 0.552. The van der Waals surface area contributed by atoms with Crippen molar-refractivity contribution in [3.63, 3.8) is 0 Å². The molecule has 0 heterocycles. The minimum atomic E-state index is -5.68. The van der Waals surface area contributed by atoms with Gasteiger partial charge in [0.2, 0.25) is 0 Å². The molecule has 2 rings (SSSR count). The molecule has 0 aromatic heterocycles. The second kappa shape index (κ2) is 9.59. The number of nitrogens with zero attached hydrogens (tertiary/aromatic N) is 7. The van der Waals surface area contributed by atoms with Crippen molar-refractivity contribution in [3.8, 4) is 42.5 Å². The van der Waals surface area contributed by atoms with E-state index in [0.717, 1.165) is 12.1 Å². The predicted molar refractivity (Wildman–Crippen MR) is 104 cm³/mol. The largest absolute Gasteiger partial charge is 0.418 e. The fourth-order valence-corrected chi connectivity index (χ4v) is 3.25. The highest BCUT2D eigenvalue weighted by atomic mass is 19.4. The normalized spacial score (nSPS) is 11.3. The van der Waals surface area contributed by atoms with E-state index in [1.54, 1.807) is 0 Å². The highest BCUT2D eigenvalue weighted by Crippen LogP contribution is 2.44. The lowest BCUT2D eigenvalue weighted by molar-refractivity contribution is -0.143. The summed E-state index contributed by atoms with van der Waals surface area (Å²) in [5.74, 6) is 0. The van der Waals surface area contributed by atoms with Gasteiger partial charge in [0.05, 0.1) is 51.1 Å². The number of nitriles is 7. The van der Waals surface area contributed by atoms with Gasteiger partial charge in [0.15, 0.2) is 0 Å². The van der Waals surface area contributed by atoms with Crippen LogP contribution in [0.4, 0.5) is 26.3 Å². The minimum absolute atomic E-state index is 0.0245. The Morgan fingerprint density at radius 2 is 1.08 bits per heavy atom. The highest BCUT2D eigenvalue weighted by Gasteiger charge is 2.45. The van der Waals surface area contributed by atoms with Gasteiger partial charge >= 0.3 is 12.4 Å². The number of hydrogen-bond donors (Lipinski definition) is 0. The van der Waals surface area contributed by atoms with Crippen molar-refractivity contribution in [1.82, 2.24) is 0 Å². The van der Waals surface area contributed by atoms with E-state index in [1.165, 1.54) is 30.3 Å². The number of hydrogen-bond acceptors (Lipinski definition) is 7. The molecule has 13 heteroatoms. The van der Waals surface area contributed by atoms with Gasteiger partial charge in [-0.15, -0.1) is 0 Å². The predicted octanol–water partition coefficient (Wildman–Crippen LogP) is 3.13. The Balaban J connectivity index is 3.51. The van der Waals surface area contributed by atoms with Gasteiger partial charge in [0.25, 0.3) is 0 Å². The Morgan fingerprint density at radius 1 is 0.583 bits per heavy atom. The molecule has 0 aliphatic rings. The molecule has 0 saturated heterocycles. The van der Waals surface area contributed by atoms with Crippen LogP contribution in [0.5, 0.6) is 0 Å². The van der Waals surface area contributed by atoms with Crippen LogP contribution in [0.1, 0.15) is 38.9 Å². The Morgan fingerprint density at radius 3 is 1.47 bits per heavy atom. The summed E-state index contributed by atoms with van der Waals surface area (Å²) in [7, 11) is 0. The molecule has 36 heavy (non-hydrogen) atoms. The molecule has 0 aliphatic heterocycles. The zero-order valence-corrected chi connectivity index (χ0v) is 17.1. The van der Waals surface area contributed by atoms with E-state index in [-0.39, 0.29) is 6.07 Å². The van der Waals surface area contributed by atoms with Crippen molar-refractivity contribution in [2.45, 2.75) is 12.4 Å². The zero-order valence-electron chi connectivity index (χ0n) is 17.1. The fourth-order valence-electron chi connectivity index (χ4n) is 3.25. The SMILES string of the molecule is N#CC(C#N)=c1cc(C#N)/c(=C(\C#N)c2c(C(F)(F)F)cc(C#N)c(C#N)c2C(F)(F)F)cc1C#N. The molecule has 0 unspecified atom stereocenters. The van der Waals surface area contributed by atoms with Gasteiger partial charge in [0.1, 0.15) is 35.9 Å². The molecule has 0 atom stereocenters. The highest BCUT2D eigenvalue weighted by molar-refractivity contribution is 5.84. The van der Waals surface area contributed by atoms with Crippen LogP contribution in [0.3, 0.4) is 0 Å². The van der Waals surface area contributed by atoms with Gasteiger partial charge in [0, 0.05) is 16.0 Å². The van der Waals surface area contributed by atoms with Crippen LogP contribution < -0.4 is 10.4 Å². The standard InChI is InChI=1S/C23H3F6N7/c24-22(25,26)19-3-13(6-32)17(9-35)21(23(27,28)29)20(19)18(10-36)16-2-11(4-30)15(1-12(16)5-31)14(7-33)8-34/h1-3H/b18-16+. The van der Waals surface area contributed by atoms with E-state index in [9.17, 15) is 47.4 Å². The zero-order chi connectivity index (χ0) is 27.4. The molecule has 0 radical (unpaired) electrons. The maximum Gasteiger partial charge on any atom is 0.418 e. The van der Waals surface area contributed by atoms with Crippen molar-refractivity contribution in [3.05, 3.63) is 67.6 Å². The summed E-state index contributed by atoms with van der Waals surface area (Å²) in [5.41, 5.74) is -12.3. The Kier molecular flexibility index (Phi) is 7.04. The van der Waals surface area contributed by atoms with Gasteiger partial charge in [-0.1, -0.05) is 0 Å². The third-order valence-corrected chi connectivity index (χ3v) is 4.67. The molecule has 0 N–H and O–H groups in total. The summed E-state index contributed by atoms with van der Waals surface area (Å²) in [6, 6.07) is 10.4. The number of halogens is 6. The molecule has 0 spiro atoms. The van der Waals surface area contributed by atoms with Crippen molar-refractivity contribution in [2.75, 3.05) is 0 Å². The Labute approximate surface area is 197 Å². The Bertz CT molecular complexity index is 1720. The van der Waals surface area contributed by atoms with E-state index < -0.39 is 72.9 Å². The van der Waals surface area contributed by atoms with Crippen LogP contribution in [0.15, 0.2) is 18.2 Å². The van der Waals surface area contributed by atoms with E-state index in [4.69, 9.17) is 15.8 Å². The topological polar surface area (TPSA) is 167 Å². The molecule has 0 amide bonds. The smallest absolute Gasteiger partial charge is 0.192 e. The van der Waals surface area contributed by atoms with Gasteiger partial charge in [-0.2, -0.15) is 63.2 Å². The number of rotatable bonds is 1. The maximum atomic E-state index is 14.0. The molecule has 172 valence electrons. The lowest BCUT2D eigenvalue weighted by atomic mass is 9.86.